The van der Waals surface area contributed by atoms with Crippen LogP contribution in [-0.2, 0) is 17.6 Å². The van der Waals surface area contributed by atoms with Gasteiger partial charge in [-0.3, -0.25) is 4.79 Å². The third-order valence-electron chi connectivity index (χ3n) is 3.34. The van der Waals surface area contributed by atoms with Gasteiger partial charge in [-0.15, -0.1) is 0 Å². The number of ether oxygens (including phenoxy) is 1. The van der Waals surface area contributed by atoms with Crippen molar-refractivity contribution in [1.82, 2.24) is 0 Å². The van der Waals surface area contributed by atoms with E-state index in [4.69, 9.17) is 10.00 Å². The Morgan fingerprint density at radius 2 is 1.86 bits per heavy atom. The molecule has 0 aliphatic carbocycles. The molecule has 22 heavy (non-hydrogen) atoms. The van der Waals surface area contributed by atoms with E-state index in [0.29, 0.717) is 12.8 Å². The average Bonchev–Trinajstić information content (AvgIpc) is 2.50. The predicted octanol–water partition coefficient (Wildman–Crippen LogP) is 3.25. The Hall–Kier alpha value is -2.80. The lowest BCUT2D eigenvalue weighted by molar-refractivity contribution is -0.115. The van der Waals surface area contributed by atoms with Crippen LogP contribution in [0.3, 0.4) is 0 Å². The molecule has 1 N–H and O–H groups in total. The van der Waals surface area contributed by atoms with E-state index in [1.165, 1.54) is 0 Å². The molecule has 0 saturated heterocycles. The van der Waals surface area contributed by atoms with Gasteiger partial charge in [0, 0.05) is 5.69 Å². The van der Waals surface area contributed by atoms with Crippen molar-refractivity contribution in [3.63, 3.8) is 0 Å². The summed E-state index contributed by atoms with van der Waals surface area (Å²) in [6.07, 6.45) is 0.685. The van der Waals surface area contributed by atoms with Crippen LogP contribution in [0.1, 0.15) is 16.7 Å². The number of nitrogens with zero attached hydrogens (tertiary/aromatic N) is 1. The fraction of sp³-hybridized carbons (Fsp3) is 0.222. The van der Waals surface area contributed by atoms with Crippen LogP contribution in [0.25, 0.3) is 0 Å². The summed E-state index contributed by atoms with van der Waals surface area (Å²) < 4.78 is 5.21. The zero-order chi connectivity index (χ0) is 15.9. The molecule has 4 heteroatoms. The summed E-state index contributed by atoms with van der Waals surface area (Å²) in [6.45, 7) is 1.95. The maximum Gasteiger partial charge on any atom is 0.228 e. The Bertz CT molecular complexity index is 700. The number of aryl methyl sites for hydroxylation is 1. The lowest BCUT2D eigenvalue weighted by atomic mass is 10.1. The number of anilines is 1. The van der Waals surface area contributed by atoms with Gasteiger partial charge in [-0.1, -0.05) is 24.3 Å². The first kappa shape index (κ1) is 15.6. The van der Waals surface area contributed by atoms with Gasteiger partial charge < -0.3 is 10.1 Å². The Morgan fingerprint density at radius 3 is 2.45 bits per heavy atom. The number of rotatable bonds is 5. The summed E-state index contributed by atoms with van der Waals surface area (Å²) in [5, 5.41) is 11.5. The minimum absolute atomic E-state index is 0.0717. The van der Waals surface area contributed by atoms with Crippen molar-refractivity contribution < 1.29 is 9.53 Å². The number of carbonyl (C=O) groups is 1. The number of benzene rings is 2. The molecule has 0 fully saturated rings. The van der Waals surface area contributed by atoms with Crippen LogP contribution in [-0.4, -0.2) is 13.0 Å². The fourth-order valence-electron chi connectivity index (χ4n) is 2.24. The van der Waals surface area contributed by atoms with Gasteiger partial charge in [0.2, 0.25) is 5.91 Å². The molecule has 0 bridgehead atoms. The third-order valence-corrected chi connectivity index (χ3v) is 3.34. The largest absolute Gasteiger partial charge is 0.496 e. The van der Waals surface area contributed by atoms with E-state index in [0.717, 1.165) is 28.1 Å². The predicted molar refractivity (Wildman–Crippen MR) is 85.8 cm³/mol. The zero-order valence-electron chi connectivity index (χ0n) is 12.7. The van der Waals surface area contributed by atoms with Gasteiger partial charge in [-0.05, 0) is 41.8 Å². The quantitative estimate of drug-likeness (QED) is 0.920. The van der Waals surface area contributed by atoms with Crippen molar-refractivity contribution in [2.45, 2.75) is 19.8 Å². The number of nitriles is 1. The van der Waals surface area contributed by atoms with Crippen LogP contribution in [0, 0.1) is 18.3 Å². The number of carbonyl (C=O) groups excluding carboxylic acids is 1. The van der Waals surface area contributed by atoms with Crippen molar-refractivity contribution in [3.8, 4) is 11.8 Å². The molecular formula is C18H18N2O2. The molecule has 2 aromatic rings. The van der Waals surface area contributed by atoms with Crippen molar-refractivity contribution in [2.24, 2.45) is 0 Å². The Labute approximate surface area is 130 Å². The molecule has 0 spiro atoms. The normalized spacial score (nSPS) is 9.86. The highest BCUT2D eigenvalue weighted by Gasteiger charge is 2.06. The summed E-state index contributed by atoms with van der Waals surface area (Å²) >= 11 is 0. The molecule has 0 heterocycles. The van der Waals surface area contributed by atoms with E-state index in [1.54, 1.807) is 7.11 Å². The smallest absolute Gasteiger partial charge is 0.228 e. The van der Waals surface area contributed by atoms with Crippen LogP contribution < -0.4 is 10.1 Å². The molecule has 0 aliphatic heterocycles. The first-order chi connectivity index (χ1) is 10.6. The van der Waals surface area contributed by atoms with Crippen LogP contribution in [0.15, 0.2) is 42.5 Å². The molecule has 0 atom stereocenters. The first-order valence-corrected chi connectivity index (χ1v) is 7.01. The van der Waals surface area contributed by atoms with Crippen LogP contribution >= 0.6 is 0 Å². The van der Waals surface area contributed by atoms with Gasteiger partial charge in [0.15, 0.2) is 0 Å². The SMILES string of the molecule is COc1ccc(CC(=O)Nc2ccc(CC#N)cc2)cc1C. The molecule has 2 aromatic carbocycles. The minimum atomic E-state index is -0.0717. The van der Waals surface area contributed by atoms with Gasteiger partial charge in [-0.2, -0.15) is 5.26 Å². The Morgan fingerprint density at radius 1 is 1.18 bits per heavy atom. The Balaban J connectivity index is 1.98. The maximum absolute atomic E-state index is 12.1. The molecular weight excluding hydrogens is 276 g/mol. The van der Waals surface area contributed by atoms with E-state index in [2.05, 4.69) is 11.4 Å². The maximum atomic E-state index is 12.1. The van der Waals surface area contributed by atoms with E-state index in [9.17, 15) is 4.79 Å². The fourth-order valence-corrected chi connectivity index (χ4v) is 2.24. The topological polar surface area (TPSA) is 62.1 Å². The molecule has 0 radical (unpaired) electrons. The minimum Gasteiger partial charge on any atom is -0.496 e. The zero-order valence-corrected chi connectivity index (χ0v) is 12.7. The van der Waals surface area contributed by atoms with E-state index >= 15 is 0 Å². The molecule has 112 valence electrons. The van der Waals surface area contributed by atoms with E-state index < -0.39 is 0 Å². The summed E-state index contributed by atoms with van der Waals surface area (Å²) in [6, 6.07) is 15.1. The van der Waals surface area contributed by atoms with Crippen molar-refractivity contribution in [2.75, 3.05) is 12.4 Å². The Kier molecular flexibility index (Phi) is 5.16. The second kappa shape index (κ2) is 7.28. The van der Waals surface area contributed by atoms with Gasteiger partial charge in [0.1, 0.15) is 5.75 Å². The lowest BCUT2D eigenvalue weighted by Crippen LogP contribution is -2.14. The highest BCUT2D eigenvalue weighted by atomic mass is 16.5. The highest BCUT2D eigenvalue weighted by molar-refractivity contribution is 5.92. The highest BCUT2D eigenvalue weighted by Crippen LogP contribution is 2.19. The van der Waals surface area contributed by atoms with Crippen molar-refractivity contribution in [3.05, 3.63) is 59.2 Å². The average molecular weight is 294 g/mol. The van der Waals surface area contributed by atoms with E-state index in [-0.39, 0.29) is 5.91 Å². The van der Waals surface area contributed by atoms with Crippen LogP contribution in [0.5, 0.6) is 5.75 Å². The summed E-state index contributed by atoms with van der Waals surface area (Å²) in [5.74, 6) is 0.745. The molecule has 0 aliphatic rings. The molecule has 2 rings (SSSR count). The van der Waals surface area contributed by atoms with Gasteiger partial charge in [-0.25, -0.2) is 0 Å². The number of hydrogen-bond donors (Lipinski definition) is 1. The summed E-state index contributed by atoms with van der Waals surface area (Å²) in [7, 11) is 1.63. The van der Waals surface area contributed by atoms with E-state index in [1.807, 2.05) is 49.4 Å². The first-order valence-electron chi connectivity index (χ1n) is 7.01. The number of nitrogens with one attached hydrogen (secondary N) is 1. The lowest BCUT2D eigenvalue weighted by Gasteiger charge is -2.08. The van der Waals surface area contributed by atoms with Crippen LogP contribution in [0.4, 0.5) is 5.69 Å². The third kappa shape index (κ3) is 4.10. The van der Waals surface area contributed by atoms with Crippen LogP contribution in [0.2, 0.25) is 0 Å². The molecule has 1 amide bonds. The van der Waals surface area contributed by atoms with Gasteiger partial charge in [0.25, 0.3) is 0 Å². The number of methoxy groups -OCH3 is 1. The molecule has 0 aromatic heterocycles. The molecule has 0 unspecified atom stereocenters. The number of amides is 1. The second-order valence-corrected chi connectivity index (χ2v) is 5.06. The standard InChI is InChI=1S/C18H18N2O2/c1-13-11-15(5-8-17(13)22-2)12-18(21)20-16-6-3-14(4-7-16)9-10-19/h3-8,11H,9,12H2,1-2H3,(H,20,21). The molecule has 0 saturated carbocycles. The summed E-state index contributed by atoms with van der Waals surface area (Å²) in [4.78, 5) is 12.1. The number of hydrogen-bond acceptors (Lipinski definition) is 3. The van der Waals surface area contributed by atoms with Gasteiger partial charge >= 0.3 is 0 Å². The summed E-state index contributed by atoms with van der Waals surface area (Å²) in [5.41, 5.74) is 3.62. The monoisotopic (exact) mass is 294 g/mol. The molecule has 4 nitrogen and oxygen atoms in total. The second-order valence-electron chi connectivity index (χ2n) is 5.06. The van der Waals surface area contributed by atoms with Crippen molar-refractivity contribution in [1.29, 1.82) is 5.26 Å². The van der Waals surface area contributed by atoms with Crippen molar-refractivity contribution >= 4 is 11.6 Å². The van der Waals surface area contributed by atoms with Gasteiger partial charge in [0.05, 0.1) is 26.0 Å².